The summed E-state index contributed by atoms with van der Waals surface area (Å²) in [6.07, 6.45) is -2.95. The van der Waals surface area contributed by atoms with E-state index in [0.29, 0.717) is 32.9 Å². The van der Waals surface area contributed by atoms with Gasteiger partial charge in [-0.1, -0.05) is 0 Å². The molecule has 0 radical (unpaired) electrons. The van der Waals surface area contributed by atoms with Crippen LogP contribution in [-0.2, 0) is 0 Å². The number of halogens is 5. The van der Waals surface area contributed by atoms with Crippen molar-refractivity contribution in [1.29, 1.82) is 0 Å². The van der Waals surface area contributed by atoms with Crippen molar-refractivity contribution < 1.29 is 26.7 Å². The normalized spacial score (nSPS) is 19.9. The zero-order valence-electron chi connectivity index (χ0n) is 19.7. The van der Waals surface area contributed by atoms with Crippen molar-refractivity contribution in [3.8, 4) is 0 Å². The summed E-state index contributed by atoms with van der Waals surface area (Å²) in [6, 6.07) is 3.06. The van der Waals surface area contributed by atoms with Gasteiger partial charge in [0.05, 0.1) is 35.2 Å². The minimum Gasteiger partial charge on any atom is -0.336 e. The molecule has 1 amide bonds. The molecule has 2 aromatic heterocycles. The highest BCUT2D eigenvalue weighted by molar-refractivity contribution is 6.07. The second kappa shape index (κ2) is 8.82. The lowest BCUT2D eigenvalue weighted by molar-refractivity contribution is -0.148. The summed E-state index contributed by atoms with van der Waals surface area (Å²) >= 11 is 0. The number of alkyl halides is 5. The Hall–Kier alpha value is -3.02. The number of piperazine rings is 1. The molecule has 1 saturated heterocycles. The van der Waals surface area contributed by atoms with Gasteiger partial charge < -0.3 is 9.88 Å². The fourth-order valence-electron chi connectivity index (χ4n) is 5.30. The Morgan fingerprint density at radius 1 is 1.11 bits per heavy atom. The lowest BCUT2D eigenvalue weighted by atomic mass is 9.92. The number of fused-ring (bicyclic) bond motifs is 3. The molecule has 1 aromatic carbocycles. The number of hydrogen-bond donors (Lipinski definition) is 1. The Kier molecular flexibility index (Phi) is 6.05. The topological polar surface area (TPSA) is 74.2 Å². The molecule has 3 aromatic rings. The van der Waals surface area contributed by atoms with Crippen LogP contribution in [0.25, 0.3) is 21.8 Å². The summed E-state index contributed by atoms with van der Waals surface area (Å²) in [5, 5.41) is 5.24. The van der Waals surface area contributed by atoms with Gasteiger partial charge >= 0.3 is 6.18 Å². The Morgan fingerprint density at radius 2 is 1.78 bits per heavy atom. The maximum Gasteiger partial charge on any atom is 0.401 e. The predicted octanol–water partition coefficient (Wildman–Crippen LogP) is 4.26. The third kappa shape index (κ3) is 4.70. The number of nitrogens with zero attached hydrogens (tertiary/aromatic N) is 4. The van der Waals surface area contributed by atoms with Crippen LogP contribution in [0.1, 0.15) is 47.6 Å². The number of carbonyl (C=O) groups excluding carboxylic acids is 1. The van der Waals surface area contributed by atoms with Gasteiger partial charge in [-0.15, -0.1) is 0 Å². The van der Waals surface area contributed by atoms with Crippen LogP contribution in [0.15, 0.2) is 23.1 Å². The number of pyridine rings is 1. The molecule has 1 aliphatic carbocycles. The minimum absolute atomic E-state index is 0.120. The molecule has 5 rings (SSSR count). The molecule has 2 fully saturated rings. The first-order valence-electron chi connectivity index (χ1n) is 11.9. The summed E-state index contributed by atoms with van der Waals surface area (Å²) in [5.74, 6) is -3.01. The molecule has 0 spiro atoms. The number of nitrogens with one attached hydrogen (secondary N) is 1. The first kappa shape index (κ1) is 24.7. The maximum atomic E-state index is 13.7. The Balaban J connectivity index is 1.49. The lowest BCUT2D eigenvalue weighted by Crippen LogP contribution is -2.51. The van der Waals surface area contributed by atoms with E-state index in [1.807, 2.05) is 0 Å². The van der Waals surface area contributed by atoms with E-state index in [-0.39, 0.29) is 69.4 Å². The SMILES string of the molecule is Cc1cc2[nH]c(=O)c3cnn(C4CCC(F)(F)CC4)c3c2cc1C(=O)N1CCN(CC(F)(F)F)CC1. The zero-order chi connectivity index (χ0) is 25.8. The summed E-state index contributed by atoms with van der Waals surface area (Å²) in [5.41, 5.74) is 1.63. The van der Waals surface area contributed by atoms with E-state index < -0.39 is 18.6 Å². The molecule has 1 aliphatic heterocycles. The fraction of sp³-hybridized carbons (Fsp3) is 0.542. The first-order valence-corrected chi connectivity index (χ1v) is 11.9. The van der Waals surface area contributed by atoms with Crippen LogP contribution in [0.4, 0.5) is 22.0 Å². The largest absolute Gasteiger partial charge is 0.401 e. The molecule has 7 nitrogen and oxygen atoms in total. The number of aromatic amines is 1. The van der Waals surface area contributed by atoms with Gasteiger partial charge in [-0.3, -0.25) is 19.2 Å². The summed E-state index contributed by atoms with van der Waals surface area (Å²) < 4.78 is 67.2. The van der Waals surface area contributed by atoms with Crippen molar-refractivity contribution >= 4 is 27.7 Å². The van der Waals surface area contributed by atoms with Gasteiger partial charge in [-0.05, 0) is 37.5 Å². The number of hydrogen-bond acceptors (Lipinski definition) is 4. The Morgan fingerprint density at radius 3 is 2.42 bits per heavy atom. The van der Waals surface area contributed by atoms with Gasteiger partial charge in [-0.25, -0.2) is 8.78 Å². The first-order chi connectivity index (χ1) is 16.9. The van der Waals surface area contributed by atoms with Crippen molar-refractivity contribution in [2.75, 3.05) is 32.7 Å². The number of rotatable bonds is 3. The van der Waals surface area contributed by atoms with Crippen LogP contribution < -0.4 is 5.56 Å². The van der Waals surface area contributed by atoms with Crippen LogP contribution >= 0.6 is 0 Å². The third-order valence-corrected chi connectivity index (χ3v) is 7.23. The van der Waals surface area contributed by atoms with E-state index in [0.717, 1.165) is 0 Å². The van der Waals surface area contributed by atoms with Crippen molar-refractivity contribution in [3.63, 3.8) is 0 Å². The van der Waals surface area contributed by atoms with E-state index in [2.05, 4.69) is 10.1 Å². The number of aryl methyl sites for hydroxylation is 1. The second-order valence-corrected chi connectivity index (χ2v) is 9.79. The van der Waals surface area contributed by atoms with E-state index in [1.165, 1.54) is 16.0 Å². The number of amides is 1. The lowest BCUT2D eigenvalue weighted by Gasteiger charge is -2.35. The predicted molar refractivity (Wildman–Crippen MR) is 123 cm³/mol. The van der Waals surface area contributed by atoms with Crippen LogP contribution in [0.5, 0.6) is 0 Å². The van der Waals surface area contributed by atoms with E-state index in [1.54, 1.807) is 23.7 Å². The molecule has 12 heteroatoms. The van der Waals surface area contributed by atoms with Crippen LogP contribution in [0, 0.1) is 6.92 Å². The quantitative estimate of drug-likeness (QED) is 0.534. The number of carbonyl (C=O) groups is 1. The van der Waals surface area contributed by atoms with Crippen molar-refractivity contribution in [3.05, 3.63) is 39.8 Å². The number of benzene rings is 1. The molecule has 0 atom stereocenters. The second-order valence-electron chi connectivity index (χ2n) is 9.79. The number of aromatic nitrogens is 3. The van der Waals surface area contributed by atoms with Gasteiger partial charge in [0.2, 0.25) is 5.92 Å². The highest BCUT2D eigenvalue weighted by atomic mass is 19.4. The van der Waals surface area contributed by atoms with Gasteiger partial charge in [0.25, 0.3) is 11.5 Å². The molecule has 0 bridgehead atoms. The highest BCUT2D eigenvalue weighted by Crippen LogP contribution is 2.40. The maximum absolute atomic E-state index is 13.7. The fourth-order valence-corrected chi connectivity index (χ4v) is 5.30. The Bertz CT molecular complexity index is 1360. The molecule has 1 N–H and O–H groups in total. The molecule has 36 heavy (non-hydrogen) atoms. The standard InChI is InChI=1S/C24H26F5N5O2/c1-14-10-19-17(11-16(14)22(36)33-8-6-32(7-9-33)13-24(27,28)29)20-18(21(35)31-19)12-30-34(20)15-2-4-23(25,26)5-3-15/h10-12,15H,2-9,13H2,1H3,(H,31,35). The van der Waals surface area contributed by atoms with Gasteiger partial charge in [-0.2, -0.15) is 18.3 Å². The van der Waals surface area contributed by atoms with Crippen molar-refractivity contribution in [1.82, 2.24) is 24.6 Å². The summed E-state index contributed by atoms with van der Waals surface area (Å²) in [7, 11) is 0. The Labute approximate surface area is 202 Å². The molecule has 194 valence electrons. The molecular formula is C24H26F5N5O2. The van der Waals surface area contributed by atoms with E-state index in [9.17, 15) is 31.5 Å². The molecule has 2 aliphatic rings. The average molecular weight is 511 g/mol. The molecule has 1 saturated carbocycles. The van der Waals surface area contributed by atoms with Gasteiger partial charge in [0, 0.05) is 50.0 Å². The van der Waals surface area contributed by atoms with E-state index in [4.69, 9.17) is 0 Å². The third-order valence-electron chi connectivity index (χ3n) is 7.23. The summed E-state index contributed by atoms with van der Waals surface area (Å²) in [4.78, 5) is 31.7. The van der Waals surface area contributed by atoms with Crippen LogP contribution in [-0.4, -0.2) is 75.3 Å². The van der Waals surface area contributed by atoms with Crippen molar-refractivity contribution in [2.24, 2.45) is 0 Å². The average Bonchev–Trinajstić information content (AvgIpc) is 3.24. The zero-order valence-corrected chi connectivity index (χ0v) is 19.7. The smallest absolute Gasteiger partial charge is 0.336 e. The summed E-state index contributed by atoms with van der Waals surface area (Å²) in [6.45, 7) is 1.30. The number of H-pyrrole nitrogens is 1. The van der Waals surface area contributed by atoms with Gasteiger partial charge in [0.1, 0.15) is 0 Å². The molecule has 3 heterocycles. The van der Waals surface area contributed by atoms with Crippen molar-refractivity contribution in [2.45, 2.75) is 50.7 Å². The van der Waals surface area contributed by atoms with E-state index >= 15 is 0 Å². The minimum atomic E-state index is -4.29. The molecular weight excluding hydrogens is 485 g/mol. The molecule has 0 unspecified atom stereocenters. The van der Waals surface area contributed by atoms with Crippen LogP contribution in [0.3, 0.4) is 0 Å². The monoisotopic (exact) mass is 511 g/mol. The highest BCUT2D eigenvalue weighted by Gasteiger charge is 2.37. The van der Waals surface area contributed by atoms with Crippen LogP contribution in [0.2, 0.25) is 0 Å². The van der Waals surface area contributed by atoms with Gasteiger partial charge in [0.15, 0.2) is 0 Å².